The number of ether oxygens (including phenoxy) is 1. The molecular formula is C15H12BrFN2O3S. The number of amides is 2. The van der Waals surface area contributed by atoms with Crippen molar-refractivity contribution >= 4 is 45.2 Å². The summed E-state index contributed by atoms with van der Waals surface area (Å²) in [6, 6.07) is 9.45. The summed E-state index contributed by atoms with van der Waals surface area (Å²) in [5.41, 5.74) is 4.37. The van der Waals surface area contributed by atoms with Gasteiger partial charge in [0.25, 0.3) is 11.8 Å². The molecule has 2 aromatic rings. The van der Waals surface area contributed by atoms with Crippen LogP contribution in [0.25, 0.3) is 6.08 Å². The van der Waals surface area contributed by atoms with Gasteiger partial charge in [-0.1, -0.05) is 12.1 Å². The Morgan fingerprint density at radius 1 is 1.22 bits per heavy atom. The van der Waals surface area contributed by atoms with Crippen LogP contribution in [0.1, 0.15) is 4.88 Å². The second-order valence-electron chi connectivity index (χ2n) is 4.23. The van der Waals surface area contributed by atoms with Crippen molar-refractivity contribution in [1.29, 1.82) is 0 Å². The Hall–Kier alpha value is -2.19. The van der Waals surface area contributed by atoms with Gasteiger partial charge in [-0.25, -0.2) is 4.39 Å². The van der Waals surface area contributed by atoms with E-state index in [1.54, 1.807) is 12.1 Å². The van der Waals surface area contributed by atoms with Gasteiger partial charge in [0.15, 0.2) is 18.2 Å². The lowest BCUT2D eigenvalue weighted by Gasteiger charge is -2.07. The van der Waals surface area contributed by atoms with Gasteiger partial charge >= 0.3 is 0 Å². The van der Waals surface area contributed by atoms with E-state index in [9.17, 15) is 14.0 Å². The van der Waals surface area contributed by atoms with E-state index in [2.05, 4.69) is 26.8 Å². The first-order valence-corrected chi connectivity index (χ1v) is 8.05. The largest absolute Gasteiger partial charge is 0.481 e. The van der Waals surface area contributed by atoms with Gasteiger partial charge in [-0.3, -0.25) is 20.4 Å². The van der Waals surface area contributed by atoms with Crippen molar-refractivity contribution < 1.29 is 18.7 Å². The minimum absolute atomic E-state index is 0.0304. The number of para-hydroxylation sites is 1. The second-order valence-corrected chi connectivity index (χ2v) is 6.73. The molecule has 0 fully saturated rings. The number of hydrogen-bond acceptors (Lipinski definition) is 4. The van der Waals surface area contributed by atoms with Crippen molar-refractivity contribution in [3.63, 3.8) is 0 Å². The monoisotopic (exact) mass is 398 g/mol. The minimum atomic E-state index is -0.603. The molecule has 0 saturated heterocycles. The number of nitrogens with one attached hydrogen (secondary N) is 2. The summed E-state index contributed by atoms with van der Waals surface area (Å²) >= 11 is 4.79. The molecule has 0 spiro atoms. The van der Waals surface area contributed by atoms with E-state index < -0.39 is 24.2 Å². The number of thiophene rings is 1. The third-order valence-corrected chi connectivity index (χ3v) is 4.10. The summed E-state index contributed by atoms with van der Waals surface area (Å²) < 4.78 is 19.2. The topological polar surface area (TPSA) is 67.4 Å². The van der Waals surface area contributed by atoms with Crippen LogP contribution in [-0.4, -0.2) is 18.4 Å². The zero-order chi connectivity index (χ0) is 16.7. The van der Waals surface area contributed by atoms with Crippen molar-refractivity contribution in [3.8, 4) is 5.75 Å². The highest BCUT2D eigenvalue weighted by atomic mass is 79.9. The quantitative estimate of drug-likeness (QED) is 0.600. The minimum Gasteiger partial charge on any atom is -0.481 e. The SMILES string of the molecule is O=C(/C=C/c1ccc(Br)s1)NNC(=O)COc1ccccc1F. The zero-order valence-corrected chi connectivity index (χ0v) is 14.1. The molecule has 1 aromatic carbocycles. The highest BCUT2D eigenvalue weighted by molar-refractivity contribution is 9.11. The van der Waals surface area contributed by atoms with Gasteiger partial charge in [0.05, 0.1) is 3.79 Å². The lowest BCUT2D eigenvalue weighted by molar-refractivity contribution is -0.128. The number of benzene rings is 1. The van der Waals surface area contributed by atoms with Crippen LogP contribution in [0, 0.1) is 5.82 Å². The molecule has 2 rings (SSSR count). The van der Waals surface area contributed by atoms with E-state index >= 15 is 0 Å². The standard InChI is InChI=1S/C15H12BrFN2O3S/c16-13-7-5-10(23-13)6-8-14(20)18-19-15(21)9-22-12-4-2-1-3-11(12)17/h1-8H,9H2,(H,18,20)(H,19,21)/b8-6+. The lowest BCUT2D eigenvalue weighted by atomic mass is 10.3. The number of carbonyl (C=O) groups excluding carboxylic acids is 2. The van der Waals surface area contributed by atoms with Gasteiger partial charge in [-0.2, -0.15) is 0 Å². The summed E-state index contributed by atoms with van der Waals surface area (Å²) in [7, 11) is 0. The second kappa shape index (κ2) is 8.44. The average Bonchev–Trinajstić information content (AvgIpc) is 2.95. The van der Waals surface area contributed by atoms with Crippen molar-refractivity contribution in [3.05, 3.63) is 57.0 Å². The van der Waals surface area contributed by atoms with Crippen LogP contribution >= 0.6 is 27.3 Å². The maximum absolute atomic E-state index is 13.3. The summed E-state index contributed by atoms with van der Waals surface area (Å²) in [6.07, 6.45) is 2.91. The molecule has 1 aromatic heterocycles. The van der Waals surface area contributed by atoms with Crippen LogP contribution in [0.5, 0.6) is 5.75 Å². The van der Waals surface area contributed by atoms with Crippen molar-refractivity contribution in [2.75, 3.05) is 6.61 Å². The number of carbonyl (C=O) groups is 2. The van der Waals surface area contributed by atoms with Gasteiger partial charge in [-0.05, 0) is 46.3 Å². The molecule has 0 atom stereocenters. The molecule has 0 saturated carbocycles. The highest BCUT2D eigenvalue weighted by Gasteiger charge is 2.06. The average molecular weight is 399 g/mol. The lowest BCUT2D eigenvalue weighted by Crippen LogP contribution is -2.43. The summed E-state index contributed by atoms with van der Waals surface area (Å²) in [4.78, 5) is 23.9. The summed E-state index contributed by atoms with van der Waals surface area (Å²) in [6.45, 7) is -0.414. The third-order valence-electron chi connectivity index (χ3n) is 2.51. The molecule has 120 valence electrons. The first kappa shape index (κ1) is 17.2. The summed E-state index contributed by atoms with van der Waals surface area (Å²) in [5.74, 6) is -1.69. The van der Waals surface area contributed by atoms with Gasteiger partial charge < -0.3 is 4.74 Å². The fraction of sp³-hybridized carbons (Fsp3) is 0.0667. The summed E-state index contributed by atoms with van der Waals surface area (Å²) in [5, 5.41) is 0. The number of hydrazine groups is 1. The molecule has 0 radical (unpaired) electrons. The maximum atomic E-state index is 13.3. The van der Waals surface area contributed by atoms with Gasteiger partial charge in [0.2, 0.25) is 0 Å². The molecule has 23 heavy (non-hydrogen) atoms. The molecular weight excluding hydrogens is 387 g/mol. The van der Waals surface area contributed by atoms with E-state index in [0.717, 1.165) is 8.66 Å². The van der Waals surface area contributed by atoms with Crippen LogP contribution in [-0.2, 0) is 9.59 Å². The highest BCUT2D eigenvalue weighted by Crippen LogP contribution is 2.22. The Kier molecular flexibility index (Phi) is 6.30. The van der Waals surface area contributed by atoms with Crippen LogP contribution < -0.4 is 15.6 Å². The van der Waals surface area contributed by atoms with Crippen molar-refractivity contribution in [1.82, 2.24) is 10.9 Å². The van der Waals surface area contributed by atoms with Crippen molar-refractivity contribution in [2.24, 2.45) is 0 Å². The molecule has 8 heteroatoms. The zero-order valence-electron chi connectivity index (χ0n) is 11.7. The molecule has 0 aliphatic heterocycles. The molecule has 5 nitrogen and oxygen atoms in total. The van der Waals surface area contributed by atoms with Crippen molar-refractivity contribution in [2.45, 2.75) is 0 Å². The Morgan fingerprint density at radius 2 is 2.00 bits per heavy atom. The van der Waals surface area contributed by atoms with Crippen LogP contribution in [0.4, 0.5) is 4.39 Å². The number of halogens is 2. The molecule has 2 N–H and O–H groups in total. The van der Waals surface area contributed by atoms with Gasteiger partial charge in [0.1, 0.15) is 0 Å². The van der Waals surface area contributed by atoms with Gasteiger partial charge in [-0.15, -0.1) is 11.3 Å². The predicted octanol–water partition coefficient (Wildman–Crippen LogP) is 2.89. The Bertz CT molecular complexity index is 733. The molecule has 0 aliphatic carbocycles. The van der Waals surface area contributed by atoms with E-state index in [4.69, 9.17) is 4.74 Å². The first-order chi connectivity index (χ1) is 11.0. The normalized spacial score (nSPS) is 10.5. The van der Waals surface area contributed by atoms with E-state index in [1.807, 2.05) is 12.1 Å². The molecule has 2 amide bonds. The maximum Gasteiger partial charge on any atom is 0.276 e. The Balaban J connectivity index is 1.72. The number of hydrogen-bond donors (Lipinski definition) is 2. The van der Waals surface area contributed by atoms with Crippen LogP contribution in [0.3, 0.4) is 0 Å². The Labute approximate surface area is 144 Å². The molecule has 0 unspecified atom stereocenters. The third kappa shape index (κ3) is 5.84. The van der Waals surface area contributed by atoms with Crippen LogP contribution in [0.15, 0.2) is 46.3 Å². The fourth-order valence-corrected chi connectivity index (χ4v) is 2.82. The predicted molar refractivity (Wildman–Crippen MR) is 89.2 cm³/mol. The van der Waals surface area contributed by atoms with E-state index in [0.29, 0.717) is 0 Å². The molecule has 1 heterocycles. The van der Waals surface area contributed by atoms with E-state index in [1.165, 1.54) is 35.6 Å². The number of rotatable bonds is 5. The van der Waals surface area contributed by atoms with Crippen LogP contribution in [0.2, 0.25) is 0 Å². The molecule has 0 aliphatic rings. The Morgan fingerprint density at radius 3 is 2.70 bits per heavy atom. The van der Waals surface area contributed by atoms with E-state index in [-0.39, 0.29) is 5.75 Å². The molecule has 0 bridgehead atoms. The smallest absolute Gasteiger partial charge is 0.276 e. The fourth-order valence-electron chi connectivity index (χ4n) is 1.49. The first-order valence-electron chi connectivity index (χ1n) is 6.44. The van der Waals surface area contributed by atoms with Gasteiger partial charge in [0, 0.05) is 11.0 Å².